The van der Waals surface area contributed by atoms with E-state index in [1.54, 1.807) is 7.11 Å². The molecule has 18 heavy (non-hydrogen) atoms. The lowest BCUT2D eigenvalue weighted by Gasteiger charge is -2.25. The van der Waals surface area contributed by atoms with E-state index < -0.39 is 0 Å². The summed E-state index contributed by atoms with van der Waals surface area (Å²) in [4.78, 5) is 2.09. The van der Waals surface area contributed by atoms with E-state index in [1.807, 2.05) is 14.1 Å². The highest BCUT2D eigenvalue weighted by Crippen LogP contribution is 2.26. The number of hydrazine groups is 1. The molecule has 0 heterocycles. The average Bonchev–Trinajstić information content (AvgIpc) is 2.37. The van der Waals surface area contributed by atoms with Crippen molar-refractivity contribution in [2.75, 3.05) is 32.7 Å². The van der Waals surface area contributed by atoms with Crippen molar-refractivity contribution in [2.24, 2.45) is 11.8 Å². The Balaban J connectivity index is 2.84. The van der Waals surface area contributed by atoms with Gasteiger partial charge in [-0.25, -0.2) is 0 Å². The molecule has 0 amide bonds. The Hall–Kier alpha value is -1.10. The van der Waals surface area contributed by atoms with Gasteiger partial charge in [-0.15, -0.1) is 0 Å². The van der Waals surface area contributed by atoms with Crippen LogP contribution in [0.25, 0.3) is 0 Å². The lowest BCUT2D eigenvalue weighted by molar-refractivity contribution is 0.170. The van der Waals surface area contributed by atoms with Gasteiger partial charge in [-0.1, -0.05) is 19.1 Å². The molecule has 0 aliphatic heterocycles. The van der Waals surface area contributed by atoms with Crippen LogP contribution in [0.2, 0.25) is 0 Å². The van der Waals surface area contributed by atoms with Gasteiger partial charge in [0.15, 0.2) is 0 Å². The van der Waals surface area contributed by atoms with Crippen molar-refractivity contribution in [1.82, 2.24) is 5.43 Å². The maximum absolute atomic E-state index is 5.70. The van der Waals surface area contributed by atoms with Crippen molar-refractivity contribution in [3.63, 3.8) is 0 Å². The zero-order chi connectivity index (χ0) is 13.5. The average molecular weight is 251 g/mol. The molecule has 0 saturated heterocycles. The summed E-state index contributed by atoms with van der Waals surface area (Å²) in [5.74, 6) is 6.12. The zero-order valence-corrected chi connectivity index (χ0v) is 11.8. The minimum Gasteiger partial charge on any atom is -0.385 e. The smallest absolute Gasteiger partial charge is 0.0487 e. The number of hydrogen-bond acceptors (Lipinski definition) is 4. The summed E-state index contributed by atoms with van der Waals surface area (Å²) in [6, 6.07) is 8.60. The molecule has 0 saturated carbocycles. The van der Waals surface area contributed by atoms with Crippen LogP contribution in [0.1, 0.15) is 24.9 Å². The van der Waals surface area contributed by atoms with Crippen LogP contribution in [-0.4, -0.2) is 27.8 Å². The molecular formula is C14H25N3O. The second-order valence-electron chi connectivity index (χ2n) is 4.89. The SMILES string of the molecule is COCCC(C)C(NN)c1cccc(N(C)C)c1. The fourth-order valence-corrected chi connectivity index (χ4v) is 2.06. The molecular weight excluding hydrogens is 226 g/mol. The van der Waals surface area contributed by atoms with E-state index in [-0.39, 0.29) is 6.04 Å². The monoisotopic (exact) mass is 251 g/mol. The highest BCUT2D eigenvalue weighted by atomic mass is 16.5. The second-order valence-corrected chi connectivity index (χ2v) is 4.89. The molecule has 102 valence electrons. The highest BCUT2D eigenvalue weighted by Gasteiger charge is 2.18. The van der Waals surface area contributed by atoms with E-state index in [1.165, 1.54) is 11.3 Å². The van der Waals surface area contributed by atoms with Crippen LogP contribution in [0.15, 0.2) is 24.3 Å². The molecule has 0 fully saturated rings. The number of nitrogens with zero attached hydrogens (tertiary/aromatic N) is 1. The Kier molecular flexibility index (Phi) is 6.12. The summed E-state index contributed by atoms with van der Waals surface area (Å²) < 4.78 is 5.13. The van der Waals surface area contributed by atoms with Crippen LogP contribution >= 0.6 is 0 Å². The lowest BCUT2D eigenvalue weighted by atomic mass is 9.92. The van der Waals surface area contributed by atoms with Crippen molar-refractivity contribution >= 4 is 5.69 Å². The second kappa shape index (κ2) is 7.36. The molecule has 1 rings (SSSR count). The first-order chi connectivity index (χ1) is 8.60. The molecule has 0 aliphatic carbocycles. The molecule has 0 bridgehead atoms. The maximum Gasteiger partial charge on any atom is 0.0487 e. The van der Waals surface area contributed by atoms with Gasteiger partial charge in [0.2, 0.25) is 0 Å². The summed E-state index contributed by atoms with van der Waals surface area (Å²) in [6.45, 7) is 2.94. The number of methoxy groups -OCH3 is 1. The number of anilines is 1. The number of rotatable bonds is 7. The summed E-state index contributed by atoms with van der Waals surface area (Å²) in [5.41, 5.74) is 5.32. The van der Waals surface area contributed by atoms with Gasteiger partial charge < -0.3 is 9.64 Å². The number of nitrogens with two attached hydrogens (primary N) is 1. The Morgan fingerprint density at radius 3 is 2.67 bits per heavy atom. The minimum atomic E-state index is 0.153. The van der Waals surface area contributed by atoms with Gasteiger partial charge in [-0.3, -0.25) is 11.3 Å². The van der Waals surface area contributed by atoms with Crippen LogP contribution in [0, 0.1) is 5.92 Å². The third kappa shape index (κ3) is 3.98. The summed E-state index contributed by atoms with van der Waals surface area (Å²) in [6.07, 6.45) is 0.984. The molecule has 3 N–H and O–H groups in total. The molecule has 0 spiro atoms. The molecule has 0 radical (unpaired) electrons. The van der Waals surface area contributed by atoms with Gasteiger partial charge in [0.25, 0.3) is 0 Å². The molecule has 4 heteroatoms. The van der Waals surface area contributed by atoms with E-state index in [9.17, 15) is 0 Å². The fourth-order valence-electron chi connectivity index (χ4n) is 2.06. The lowest BCUT2D eigenvalue weighted by Crippen LogP contribution is -2.33. The Labute approximate surface area is 110 Å². The van der Waals surface area contributed by atoms with Gasteiger partial charge in [0, 0.05) is 39.5 Å². The summed E-state index contributed by atoms with van der Waals surface area (Å²) in [7, 11) is 5.81. The molecule has 2 atom stereocenters. The van der Waals surface area contributed by atoms with Crippen molar-refractivity contribution < 1.29 is 4.74 Å². The first-order valence-corrected chi connectivity index (χ1v) is 6.32. The highest BCUT2D eigenvalue weighted by molar-refractivity contribution is 5.47. The fraction of sp³-hybridized carbons (Fsp3) is 0.571. The largest absolute Gasteiger partial charge is 0.385 e. The molecule has 0 aromatic heterocycles. The predicted octanol–water partition coefficient (Wildman–Crippen LogP) is 1.93. The molecule has 4 nitrogen and oxygen atoms in total. The van der Waals surface area contributed by atoms with Crippen LogP contribution in [0.4, 0.5) is 5.69 Å². The number of benzene rings is 1. The van der Waals surface area contributed by atoms with E-state index >= 15 is 0 Å². The van der Waals surface area contributed by atoms with Gasteiger partial charge in [0.1, 0.15) is 0 Å². The summed E-state index contributed by atoms with van der Waals surface area (Å²) >= 11 is 0. The van der Waals surface area contributed by atoms with Crippen molar-refractivity contribution in [2.45, 2.75) is 19.4 Å². The van der Waals surface area contributed by atoms with Crippen molar-refractivity contribution in [3.8, 4) is 0 Å². The quantitative estimate of drug-likeness (QED) is 0.574. The van der Waals surface area contributed by atoms with E-state index in [0.29, 0.717) is 5.92 Å². The number of nitrogens with one attached hydrogen (secondary N) is 1. The van der Waals surface area contributed by atoms with E-state index in [2.05, 4.69) is 41.5 Å². The van der Waals surface area contributed by atoms with E-state index in [4.69, 9.17) is 10.6 Å². The van der Waals surface area contributed by atoms with Gasteiger partial charge in [-0.05, 0) is 30.0 Å². The Morgan fingerprint density at radius 1 is 1.39 bits per heavy atom. The van der Waals surface area contributed by atoms with Gasteiger partial charge in [-0.2, -0.15) is 0 Å². The zero-order valence-electron chi connectivity index (χ0n) is 11.8. The summed E-state index contributed by atoms with van der Waals surface area (Å²) in [5, 5.41) is 0. The third-order valence-corrected chi connectivity index (χ3v) is 3.27. The van der Waals surface area contributed by atoms with Crippen LogP contribution < -0.4 is 16.2 Å². The van der Waals surface area contributed by atoms with Crippen LogP contribution in [0.5, 0.6) is 0 Å². The molecule has 1 aromatic carbocycles. The number of hydrogen-bond donors (Lipinski definition) is 2. The first kappa shape index (κ1) is 15.0. The number of ether oxygens (including phenoxy) is 1. The molecule has 0 aliphatic rings. The molecule has 2 unspecified atom stereocenters. The first-order valence-electron chi connectivity index (χ1n) is 6.32. The topological polar surface area (TPSA) is 50.5 Å². The van der Waals surface area contributed by atoms with Crippen molar-refractivity contribution in [3.05, 3.63) is 29.8 Å². The normalized spacial score (nSPS) is 14.3. The Morgan fingerprint density at radius 2 is 2.11 bits per heavy atom. The minimum absolute atomic E-state index is 0.153. The van der Waals surface area contributed by atoms with E-state index in [0.717, 1.165) is 13.0 Å². The molecule has 1 aromatic rings. The Bertz CT molecular complexity index is 355. The standard InChI is InChI=1S/C14H25N3O/c1-11(8-9-18-4)14(16-15)12-6-5-7-13(10-12)17(2)3/h5-7,10-11,14,16H,8-9,15H2,1-4H3. The predicted molar refractivity (Wildman–Crippen MR) is 76.5 cm³/mol. The maximum atomic E-state index is 5.70. The van der Waals surface area contributed by atoms with Crippen LogP contribution in [-0.2, 0) is 4.74 Å². The van der Waals surface area contributed by atoms with Crippen molar-refractivity contribution in [1.29, 1.82) is 0 Å². The van der Waals surface area contributed by atoms with Gasteiger partial charge in [0.05, 0.1) is 0 Å². The third-order valence-electron chi connectivity index (χ3n) is 3.27. The van der Waals surface area contributed by atoms with Gasteiger partial charge >= 0.3 is 0 Å². The van der Waals surface area contributed by atoms with Crippen LogP contribution in [0.3, 0.4) is 0 Å².